The van der Waals surface area contributed by atoms with Gasteiger partial charge in [0.05, 0.1) is 0 Å². The average molecular weight is 276 g/mol. The molecule has 6 nitrogen and oxygen atoms in total. The highest BCUT2D eigenvalue weighted by Crippen LogP contribution is 2.27. The van der Waals surface area contributed by atoms with E-state index in [9.17, 15) is 9.00 Å². The Hall–Kier alpha value is -0.600. The summed E-state index contributed by atoms with van der Waals surface area (Å²) in [5.41, 5.74) is 0. The van der Waals surface area contributed by atoms with Crippen LogP contribution < -0.4 is 5.84 Å². The number of amidine groups is 1. The van der Waals surface area contributed by atoms with Crippen LogP contribution in [-0.4, -0.2) is 37.0 Å². The molecule has 0 saturated heterocycles. The maximum Gasteiger partial charge on any atom is 0.354 e. The molecule has 2 rings (SSSR count). The standard InChI is InChI=1S/C9H16N4O2S2/c1-16-8-11-17(15)13(9(14)12(8)10)7-5-3-2-4-6-7/h7H,2-6,10H2,1H3. The van der Waals surface area contributed by atoms with E-state index in [0.29, 0.717) is 5.17 Å². The highest BCUT2D eigenvalue weighted by molar-refractivity contribution is 8.13. The van der Waals surface area contributed by atoms with E-state index in [4.69, 9.17) is 5.84 Å². The number of amides is 2. The van der Waals surface area contributed by atoms with Crippen molar-refractivity contribution in [2.45, 2.75) is 38.1 Å². The second kappa shape index (κ2) is 5.36. The van der Waals surface area contributed by atoms with E-state index in [0.717, 1.165) is 30.7 Å². The van der Waals surface area contributed by atoms with Gasteiger partial charge in [0.15, 0.2) is 5.17 Å². The minimum Gasteiger partial charge on any atom is -0.245 e. The molecule has 1 unspecified atom stereocenters. The molecule has 8 heteroatoms. The quantitative estimate of drug-likeness (QED) is 0.577. The molecule has 0 bridgehead atoms. The summed E-state index contributed by atoms with van der Waals surface area (Å²) in [7, 11) is 0. The number of nitrogens with zero attached hydrogens (tertiary/aromatic N) is 3. The molecule has 1 aliphatic heterocycles. The number of rotatable bonds is 1. The van der Waals surface area contributed by atoms with Crippen LogP contribution in [0, 0.1) is 0 Å². The summed E-state index contributed by atoms with van der Waals surface area (Å²) < 4.78 is 17.2. The first-order valence-electron chi connectivity index (χ1n) is 5.58. The Morgan fingerprint density at radius 1 is 1.41 bits per heavy atom. The second-order valence-corrected chi connectivity index (χ2v) is 5.89. The van der Waals surface area contributed by atoms with Gasteiger partial charge in [-0.3, -0.25) is 0 Å². The van der Waals surface area contributed by atoms with Crippen molar-refractivity contribution in [3.8, 4) is 0 Å². The lowest BCUT2D eigenvalue weighted by atomic mass is 9.96. The summed E-state index contributed by atoms with van der Waals surface area (Å²) in [4.78, 5) is 12.0. The van der Waals surface area contributed by atoms with Crippen LogP contribution in [0.5, 0.6) is 0 Å². The summed E-state index contributed by atoms with van der Waals surface area (Å²) in [6, 6.07) is -0.398. The van der Waals surface area contributed by atoms with E-state index in [1.807, 2.05) is 0 Å². The van der Waals surface area contributed by atoms with Crippen molar-refractivity contribution >= 4 is 34.1 Å². The van der Waals surface area contributed by atoms with E-state index in [2.05, 4.69) is 4.40 Å². The number of urea groups is 1. The van der Waals surface area contributed by atoms with Crippen molar-refractivity contribution < 1.29 is 9.00 Å². The monoisotopic (exact) mass is 276 g/mol. The first-order valence-corrected chi connectivity index (χ1v) is 7.86. The van der Waals surface area contributed by atoms with E-state index < -0.39 is 17.2 Å². The number of hydrazine groups is 1. The van der Waals surface area contributed by atoms with Crippen LogP contribution in [0.15, 0.2) is 4.40 Å². The average Bonchev–Trinajstić information content (AvgIpc) is 2.35. The van der Waals surface area contributed by atoms with Gasteiger partial charge in [-0.1, -0.05) is 31.0 Å². The molecule has 0 aromatic heterocycles. The zero-order chi connectivity index (χ0) is 12.4. The van der Waals surface area contributed by atoms with Gasteiger partial charge in [0, 0.05) is 6.04 Å². The van der Waals surface area contributed by atoms with Gasteiger partial charge < -0.3 is 0 Å². The molecule has 1 fully saturated rings. The van der Waals surface area contributed by atoms with E-state index in [-0.39, 0.29) is 6.04 Å². The maximum atomic E-state index is 12.0. The summed E-state index contributed by atoms with van der Waals surface area (Å²) >= 11 is -0.407. The van der Waals surface area contributed by atoms with Crippen LogP contribution in [-0.2, 0) is 11.2 Å². The molecule has 0 spiro atoms. The predicted molar refractivity (Wildman–Crippen MR) is 69.2 cm³/mol. The molecular formula is C9H16N4O2S2. The molecule has 2 N–H and O–H groups in total. The highest BCUT2D eigenvalue weighted by atomic mass is 32.2. The first kappa shape index (κ1) is 12.8. The predicted octanol–water partition coefficient (Wildman–Crippen LogP) is 1.23. The van der Waals surface area contributed by atoms with Gasteiger partial charge in [-0.25, -0.2) is 24.2 Å². The van der Waals surface area contributed by atoms with Crippen molar-refractivity contribution in [3.63, 3.8) is 0 Å². The van der Waals surface area contributed by atoms with Crippen molar-refractivity contribution in [1.29, 1.82) is 0 Å². The van der Waals surface area contributed by atoms with Gasteiger partial charge in [0.1, 0.15) is 0 Å². The Labute approximate surface area is 107 Å². The number of hydrogen-bond acceptors (Lipinski definition) is 4. The molecule has 2 aliphatic rings. The van der Waals surface area contributed by atoms with Gasteiger partial charge in [0.25, 0.3) is 11.2 Å². The normalized spacial score (nSPS) is 27.3. The Bertz CT molecular complexity index is 368. The fourth-order valence-corrected chi connectivity index (χ4v) is 3.91. The molecule has 1 heterocycles. The Morgan fingerprint density at radius 2 is 2.06 bits per heavy atom. The molecule has 1 atom stereocenters. The molecule has 1 saturated carbocycles. The molecule has 1 aliphatic carbocycles. The topological polar surface area (TPSA) is 79.0 Å². The van der Waals surface area contributed by atoms with Crippen LogP contribution in [0.2, 0.25) is 0 Å². The van der Waals surface area contributed by atoms with Gasteiger partial charge in [-0.2, -0.15) is 0 Å². The van der Waals surface area contributed by atoms with E-state index in [1.165, 1.54) is 22.5 Å². The lowest BCUT2D eigenvalue weighted by Gasteiger charge is -2.36. The fourth-order valence-electron chi connectivity index (χ4n) is 2.14. The molecule has 0 aromatic carbocycles. The third kappa shape index (κ3) is 2.48. The summed E-state index contributed by atoms with van der Waals surface area (Å²) in [6.07, 6.45) is 6.83. The molecule has 0 aromatic rings. The Balaban J connectivity index is 2.20. The first-order chi connectivity index (χ1) is 8.15. The Morgan fingerprint density at radius 3 is 2.65 bits per heavy atom. The summed E-state index contributed by atoms with van der Waals surface area (Å²) in [5.74, 6) is 5.65. The SMILES string of the molecule is CSC1=NS(=O)N(C2CCCCC2)C(=O)N1N. The van der Waals surface area contributed by atoms with E-state index >= 15 is 0 Å². The summed E-state index contributed by atoms with van der Waals surface area (Å²) in [6.45, 7) is 0. The smallest absolute Gasteiger partial charge is 0.245 e. The maximum absolute atomic E-state index is 12.0. The van der Waals surface area contributed by atoms with Crippen molar-refractivity contribution in [2.24, 2.45) is 10.2 Å². The van der Waals surface area contributed by atoms with Gasteiger partial charge in [0.2, 0.25) is 0 Å². The Kier molecular flexibility index (Phi) is 4.05. The molecule has 17 heavy (non-hydrogen) atoms. The number of nitrogens with two attached hydrogens (primary N) is 1. The third-order valence-corrected chi connectivity index (χ3v) is 4.90. The van der Waals surface area contributed by atoms with Gasteiger partial charge in [-0.05, 0) is 19.1 Å². The van der Waals surface area contributed by atoms with Crippen molar-refractivity contribution in [2.75, 3.05) is 6.26 Å². The minimum absolute atomic E-state index is 0.00953. The molecule has 0 radical (unpaired) electrons. The van der Waals surface area contributed by atoms with Crippen LogP contribution in [0.1, 0.15) is 32.1 Å². The zero-order valence-corrected chi connectivity index (χ0v) is 11.3. The zero-order valence-electron chi connectivity index (χ0n) is 9.66. The summed E-state index contributed by atoms with van der Waals surface area (Å²) in [5, 5.41) is 1.29. The number of thioether (sulfide) groups is 1. The molecule has 2 amide bonds. The number of hydrogen-bond donors (Lipinski definition) is 1. The number of carbonyl (C=O) groups is 1. The van der Waals surface area contributed by atoms with Crippen LogP contribution in [0.3, 0.4) is 0 Å². The minimum atomic E-state index is -1.63. The van der Waals surface area contributed by atoms with Gasteiger partial charge >= 0.3 is 6.03 Å². The molecular weight excluding hydrogens is 260 g/mol. The number of carbonyl (C=O) groups excluding carboxylic acids is 1. The highest BCUT2D eigenvalue weighted by Gasteiger charge is 2.37. The second-order valence-electron chi connectivity index (χ2n) is 4.08. The van der Waals surface area contributed by atoms with Gasteiger partial charge in [-0.15, -0.1) is 4.40 Å². The van der Waals surface area contributed by atoms with Crippen molar-refractivity contribution in [1.82, 2.24) is 9.31 Å². The van der Waals surface area contributed by atoms with Crippen molar-refractivity contribution in [3.05, 3.63) is 0 Å². The van der Waals surface area contributed by atoms with Crippen LogP contribution in [0.4, 0.5) is 4.79 Å². The fraction of sp³-hybridized carbons (Fsp3) is 0.778. The third-order valence-electron chi connectivity index (χ3n) is 3.01. The molecule has 96 valence electrons. The van der Waals surface area contributed by atoms with Crippen LogP contribution in [0.25, 0.3) is 0 Å². The largest absolute Gasteiger partial charge is 0.354 e. The van der Waals surface area contributed by atoms with E-state index in [1.54, 1.807) is 6.26 Å². The lowest BCUT2D eigenvalue weighted by molar-refractivity contribution is 0.181. The van der Waals surface area contributed by atoms with Crippen LogP contribution >= 0.6 is 11.8 Å². The lowest BCUT2D eigenvalue weighted by Crippen LogP contribution is -2.56.